The van der Waals surface area contributed by atoms with Gasteiger partial charge < -0.3 is 14.2 Å². The fourth-order valence-corrected chi connectivity index (χ4v) is 6.51. The first-order valence-corrected chi connectivity index (χ1v) is 13.8. The Kier molecular flexibility index (Phi) is 9.49. The zero-order chi connectivity index (χ0) is 25.0. The molecule has 4 heteroatoms. The Labute approximate surface area is 208 Å². The van der Waals surface area contributed by atoms with E-state index in [1.165, 1.54) is 19.3 Å². The van der Waals surface area contributed by atoms with Crippen LogP contribution in [0.5, 0.6) is 11.5 Å². The van der Waals surface area contributed by atoms with Crippen LogP contribution in [0, 0.1) is 55.3 Å². The van der Waals surface area contributed by atoms with Crippen LogP contribution in [0.15, 0.2) is 12.1 Å². The number of rotatable bonds is 8. The molecule has 8 atom stereocenters. The highest BCUT2D eigenvalue weighted by molar-refractivity contribution is 5.76. The molecule has 1 aromatic carbocycles. The topological polar surface area (TPSA) is 44.8 Å². The van der Waals surface area contributed by atoms with E-state index in [-0.39, 0.29) is 24.8 Å². The molecule has 2 aliphatic carbocycles. The molecule has 0 radical (unpaired) electrons. The van der Waals surface area contributed by atoms with Crippen molar-refractivity contribution in [2.75, 3.05) is 6.79 Å². The van der Waals surface area contributed by atoms with Crippen molar-refractivity contribution in [1.82, 2.24) is 0 Å². The van der Waals surface area contributed by atoms with Crippen molar-refractivity contribution < 1.29 is 19.0 Å². The third kappa shape index (κ3) is 5.80. The van der Waals surface area contributed by atoms with Gasteiger partial charge in [0, 0.05) is 0 Å². The molecule has 2 saturated carbocycles. The molecule has 0 aromatic heterocycles. The molecule has 34 heavy (non-hydrogen) atoms. The lowest BCUT2D eigenvalue weighted by Crippen LogP contribution is -2.37. The summed E-state index contributed by atoms with van der Waals surface area (Å²) in [6.07, 6.45) is 7.09. The number of benzene rings is 1. The van der Waals surface area contributed by atoms with Crippen molar-refractivity contribution in [2.24, 2.45) is 41.4 Å². The average molecular weight is 473 g/mol. The maximum atomic E-state index is 13.0. The van der Waals surface area contributed by atoms with E-state index in [9.17, 15) is 4.79 Å². The second-order valence-electron chi connectivity index (χ2n) is 11.2. The quantitative estimate of drug-likeness (QED) is 0.221. The summed E-state index contributed by atoms with van der Waals surface area (Å²) in [5, 5.41) is 0. The number of carbonyl (C=O) groups excluding carboxylic acids is 1. The largest absolute Gasteiger partial charge is 0.467 e. The van der Waals surface area contributed by atoms with Crippen molar-refractivity contribution >= 4 is 5.97 Å². The third-order valence-corrected chi connectivity index (χ3v) is 9.78. The molecule has 0 N–H and O–H groups in total. The summed E-state index contributed by atoms with van der Waals surface area (Å²) in [5.74, 6) is 5.00. The molecule has 0 aliphatic heterocycles. The predicted octanol–water partition coefficient (Wildman–Crippen LogP) is 7.73. The molecule has 0 saturated heterocycles. The molecule has 3 rings (SSSR count). The van der Waals surface area contributed by atoms with Crippen LogP contribution in [0.4, 0.5) is 0 Å². The first-order valence-electron chi connectivity index (χ1n) is 13.8. The van der Waals surface area contributed by atoms with Crippen molar-refractivity contribution in [3.8, 4) is 11.5 Å². The summed E-state index contributed by atoms with van der Waals surface area (Å²) in [7, 11) is 0. The molecular formula is C30H48O4. The van der Waals surface area contributed by atoms with Crippen LogP contribution in [-0.2, 0) is 9.53 Å². The van der Waals surface area contributed by atoms with E-state index >= 15 is 0 Å². The van der Waals surface area contributed by atoms with E-state index in [0.717, 1.165) is 48.0 Å². The first-order chi connectivity index (χ1) is 16.2. The lowest BCUT2D eigenvalue weighted by atomic mass is 9.67. The van der Waals surface area contributed by atoms with Crippen molar-refractivity contribution in [1.29, 1.82) is 0 Å². The van der Waals surface area contributed by atoms with E-state index in [4.69, 9.17) is 14.2 Å². The maximum absolute atomic E-state index is 13.0. The Hall–Kier alpha value is -1.55. The Balaban J connectivity index is 1.56. The van der Waals surface area contributed by atoms with Crippen LogP contribution in [-0.4, -0.2) is 18.9 Å². The second kappa shape index (κ2) is 11.9. The Morgan fingerprint density at radius 3 is 2.00 bits per heavy atom. The molecule has 0 heterocycles. The smallest absolute Gasteiger partial charge is 0.314 e. The second-order valence-corrected chi connectivity index (χ2v) is 11.2. The van der Waals surface area contributed by atoms with E-state index in [2.05, 4.69) is 41.5 Å². The highest BCUT2D eigenvalue weighted by Gasteiger charge is 2.38. The minimum absolute atomic E-state index is 0.0194. The molecule has 8 unspecified atom stereocenters. The van der Waals surface area contributed by atoms with Gasteiger partial charge in [0.2, 0.25) is 0 Å². The highest BCUT2D eigenvalue weighted by atomic mass is 16.7. The van der Waals surface area contributed by atoms with Gasteiger partial charge in [0.1, 0.15) is 11.5 Å². The number of esters is 1. The molecule has 0 amide bonds. The number of hydrogen-bond acceptors (Lipinski definition) is 4. The van der Waals surface area contributed by atoms with Crippen LogP contribution >= 0.6 is 0 Å². The lowest BCUT2D eigenvalue weighted by molar-refractivity contribution is -0.143. The fraction of sp³-hybridized carbons (Fsp3) is 0.767. The number of carbonyl (C=O) groups is 1. The van der Waals surface area contributed by atoms with Crippen LogP contribution < -0.4 is 9.47 Å². The monoisotopic (exact) mass is 472 g/mol. The maximum Gasteiger partial charge on any atom is 0.314 e. The SMILES string of the molecule is CCC1CCC(OCOc2ccc(OC(=O)C3CCC(CC)C(C)C3C)c(C)c2C)C(C)C1C. The van der Waals surface area contributed by atoms with Gasteiger partial charge in [-0.05, 0) is 98.3 Å². The van der Waals surface area contributed by atoms with Gasteiger partial charge >= 0.3 is 5.97 Å². The van der Waals surface area contributed by atoms with Crippen LogP contribution in [0.3, 0.4) is 0 Å². The minimum atomic E-state index is -0.0841. The van der Waals surface area contributed by atoms with Gasteiger partial charge in [-0.2, -0.15) is 0 Å². The summed E-state index contributed by atoms with van der Waals surface area (Å²) in [6.45, 7) is 18.0. The van der Waals surface area contributed by atoms with Gasteiger partial charge in [0.25, 0.3) is 0 Å². The van der Waals surface area contributed by atoms with E-state index in [1.54, 1.807) is 0 Å². The van der Waals surface area contributed by atoms with Gasteiger partial charge in [-0.25, -0.2) is 0 Å². The van der Waals surface area contributed by atoms with E-state index < -0.39 is 0 Å². The zero-order valence-corrected chi connectivity index (χ0v) is 22.9. The summed E-state index contributed by atoms with van der Waals surface area (Å²) >= 11 is 0. The Morgan fingerprint density at radius 2 is 1.35 bits per heavy atom. The molecule has 2 aliphatic rings. The van der Waals surface area contributed by atoms with Crippen molar-refractivity contribution in [2.45, 2.75) is 100 Å². The minimum Gasteiger partial charge on any atom is -0.467 e. The van der Waals surface area contributed by atoms with Gasteiger partial charge in [0.15, 0.2) is 6.79 Å². The first kappa shape index (κ1) is 27.0. The fourth-order valence-electron chi connectivity index (χ4n) is 6.51. The van der Waals surface area contributed by atoms with Crippen LogP contribution in [0.1, 0.15) is 91.2 Å². The summed E-state index contributed by atoms with van der Waals surface area (Å²) in [5.41, 5.74) is 1.96. The van der Waals surface area contributed by atoms with Gasteiger partial charge in [0.05, 0.1) is 12.0 Å². The number of hydrogen-bond donors (Lipinski definition) is 0. The lowest BCUT2D eigenvalue weighted by Gasteiger charge is -2.39. The average Bonchev–Trinajstić information content (AvgIpc) is 2.82. The zero-order valence-electron chi connectivity index (χ0n) is 22.9. The molecule has 4 nitrogen and oxygen atoms in total. The van der Waals surface area contributed by atoms with Gasteiger partial charge in [-0.15, -0.1) is 0 Å². The Bertz CT molecular complexity index is 818. The van der Waals surface area contributed by atoms with Gasteiger partial charge in [-0.1, -0.05) is 54.4 Å². The summed E-state index contributed by atoms with van der Waals surface area (Å²) < 4.78 is 18.1. The summed E-state index contributed by atoms with van der Waals surface area (Å²) in [4.78, 5) is 13.0. The summed E-state index contributed by atoms with van der Waals surface area (Å²) in [6, 6.07) is 3.78. The van der Waals surface area contributed by atoms with Gasteiger partial charge in [-0.3, -0.25) is 4.79 Å². The van der Waals surface area contributed by atoms with Crippen molar-refractivity contribution in [3.05, 3.63) is 23.3 Å². The molecule has 1 aromatic rings. The van der Waals surface area contributed by atoms with Crippen LogP contribution in [0.25, 0.3) is 0 Å². The molecule has 192 valence electrons. The molecule has 0 bridgehead atoms. The predicted molar refractivity (Wildman–Crippen MR) is 138 cm³/mol. The van der Waals surface area contributed by atoms with E-state index in [0.29, 0.717) is 29.4 Å². The third-order valence-electron chi connectivity index (χ3n) is 9.78. The van der Waals surface area contributed by atoms with Crippen LogP contribution in [0.2, 0.25) is 0 Å². The normalized spacial score (nSPS) is 34.0. The standard InChI is InChI=1S/C30H48O4/c1-9-24-11-13-26(20(5)18(24)3)30(31)34-29-16-15-28(22(7)23(29)8)33-17-32-27-14-12-25(10-2)19(4)21(27)6/h15-16,18-21,24-27H,9-14,17H2,1-8H3. The molecule has 0 spiro atoms. The van der Waals surface area contributed by atoms with E-state index in [1.807, 2.05) is 26.0 Å². The molecule has 2 fully saturated rings. The Morgan fingerprint density at radius 1 is 0.794 bits per heavy atom. The van der Waals surface area contributed by atoms with Crippen molar-refractivity contribution in [3.63, 3.8) is 0 Å². The number of ether oxygens (including phenoxy) is 3. The highest BCUT2D eigenvalue weighted by Crippen LogP contribution is 2.41. The molecular weight excluding hydrogens is 424 g/mol.